The second-order valence-electron chi connectivity index (χ2n) is 5.15. The van der Waals surface area contributed by atoms with Crippen LogP contribution in [0.3, 0.4) is 0 Å². The first-order valence-corrected chi connectivity index (χ1v) is 7.86. The van der Waals surface area contributed by atoms with Crippen LogP contribution in [0.4, 0.5) is 0 Å². The van der Waals surface area contributed by atoms with Crippen molar-refractivity contribution in [1.29, 1.82) is 0 Å². The standard InChI is InChI=1S/C17H14BrNO3/c18-14(8-11-4-2-1-3-5-11)17(21)12-6-7-15-13(9-12)10-16(20)19-22-15/h1-7,9,14H,8,10H2,(H,19,20). The van der Waals surface area contributed by atoms with Gasteiger partial charge in [-0.2, -0.15) is 5.48 Å². The molecule has 22 heavy (non-hydrogen) atoms. The van der Waals surface area contributed by atoms with E-state index in [1.165, 1.54) is 0 Å². The number of hydrogen-bond donors (Lipinski definition) is 1. The molecule has 0 saturated heterocycles. The number of carbonyl (C=O) groups is 2. The van der Waals surface area contributed by atoms with E-state index < -0.39 is 0 Å². The van der Waals surface area contributed by atoms with Crippen LogP contribution in [0.25, 0.3) is 0 Å². The molecule has 2 aromatic carbocycles. The van der Waals surface area contributed by atoms with Gasteiger partial charge in [0.2, 0.25) is 0 Å². The van der Waals surface area contributed by atoms with Crippen LogP contribution in [0, 0.1) is 0 Å². The van der Waals surface area contributed by atoms with E-state index in [4.69, 9.17) is 4.84 Å². The van der Waals surface area contributed by atoms with E-state index >= 15 is 0 Å². The fraction of sp³-hybridized carbons (Fsp3) is 0.176. The second-order valence-corrected chi connectivity index (χ2v) is 6.25. The molecule has 1 aliphatic heterocycles. The molecule has 1 unspecified atom stereocenters. The lowest BCUT2D eigenvalue weighted by molar-refractivity contribution is -0.128. The molecule has 0 bridgehead atoms. The van der Waals surface area contributed by atoms with Crippen molar-refractivity contribution in [2.24, 2.45) is 0 Å². The average Bonchev–Trinajstić information content (AvgIpc) is 2.54. The van der Waals surface area contributed by atoms with Crippen LogP contribution in [0.1, 0.15) is 21.5 Å². The summed E-state index contributed by atoms with van der Waals surface area (Å²) >= 11 is 3.46. The molecule has 3 rings (SSSR count). The van der Waals surface area contributed by atoms with Crippen molar-refractivity contribution in [3.05, 3.63) is 65.2 Å². The first-order chi connectivity index (χ1) is 10.6. The Morgan fingerprint density at radius 3 is 2.77 bits per heavy atom. The van der Waals surface area contributed by atoms with E-state index in [1.807, 2.05) is 30.3 Å². The Balaban J connectivity index is 1.77. The number of alkyl halides is 1. The number of hydroxylamine groups is 1. The van der Waals surface area contributed by atoms with Crippen molar-refractivity contribution < 1.29 is 14.4 Å². The van der Waals surface area contributed by atoms with Gasteiger partial charge in [-0.3, -0.25) is 9.59 Å². The summed E-state index contributed by atoms with van der Waals surface area (Å²) in [6.45, 7) is 0. The Labute approximate surface area is 136 Å². The van der Waals surface area contributed by atoms with Crippen LogP contribution < -0.4 is 10.3 Å². The van der Waals surface area contributed by atoms with Gasteiger partial charge in [0.15, 0.2) is 11.5 Å². The maximum atomic E-state index is 12.5. The lowest BCUT2D eigenvalue weighted by Crippen LogP contribution is -2.33. The van der Waals surface area contributed by atoms with E-state index in [0.717, 1.165) is 11.1 Å². The Bertz CT molecular complexity index is 715. The van der Waals surface area contributed by atoms with Crippen LogP contribution in [-0.4, -0.2) is 16.5 Å². The number of halogens is 1. The molecule has 4 nitrogen and oxygen atoms in total. The summed E-state index contributed by atoms with van der Waals surface area (Å²) in [6.07, 6.45) is 0.843. The second kappa shape index (κ2) is 6.32. The first-order valence-electron chi connectivity index (χ1n) is 6.94. The minimum atomic E-state index is -0.300. The van der Waals surface area contributed by atoms with E-state index in [0.29, 0.717) is 17.7 Å². The van der Waals surface area contributed by atoms with E-state index in [9.17, 15) is 9.59 Å². The number of Topliss-reactive ketones (excluding diaryl/α,β-unsaturated/α-hetero) is 1. The summed E-state index contributed by atoms with van der Waals surface area (Å²) in [5.74, 6) is 0.375. The number of nitrogens with one attached hydrogen (secondary N) is 1. The van der Waals surface area contributed by atoms with Crippen molar-refractivity contribution >= 4 is 27.6 Å². The number of benzene rings is 2. The van der Waals surface area contributed by atoms with Crippen LogP contribution >= 0.6 is 15.9 Å². The van der Waals surface area contributed by atoms with E-state index in [-0.39, 0.29) is 22.9 Å². The number of rotatable bonds is 4. The Hall–Kier alpha value is -2.14. The summed E-state index contributed by atoms with van der Waals surface area (Å²) < 4.78 is 0. The summed E-state index contributed by atoms with van der Waals surface area (Å²) in [4.78, 5) is 28.7. The van der Waals surface area contributed by atoms with Crippen molar-refractivity contribution in [2.45, 2.75) is 17.7 Å². The number of amides is 1. The predicted octanol–water partition coefficient (Wildman–Crippen LogP) is 2.84. The van der Waals surface area contributed by atoms with Gasteiger partial charge < -0.3 is 4.84 Å². The normalized spacial score (nSPS) is 14.5. The summed E-state index contributed by atoms with van der Waals surface area (Å²) in [5.41, 5.74) is 4.71. The van der Waals surface area contributed by atoms with Gasteiger partial charge in [-0.15, -0.1) is 0 Å². The number of ketones is 1. The number of hydrogen-bond acceptors (Lipinski definition) is 3. The van der Waals surface area contributed by atoms with Gasteiger partial charge in [0.05, 0.1) is 11.2 Å². The van der Waals surface area contributed by atoms with Crippen LogP contribution in [0.5, 0.6) is 5.75 Å². The molecule has 1 amide bonds. The zero-order valence-electron chi connectivity index (χ0n) is 11.7. The first kappa shape index (κ1) is 14.8. The molecule has 1 N–H and O–H groups in total. The van der Waals surface area contributed by atoms with Crippen LogP contribution in [-0.2, 0) is 17.6 Å². The SMILES string of the molecule is O=C1Cc2cc(C(=O)C(Br)Cc3ccccc3)ccc2ON1. The van der Waals surface area contributed by atoms with Crippen molar-refractivity contribution in [2.75, 3.05) is 0 Å². The third-order valence-corrected chi connectivity index (χ3v) is 4.25. The third kappa shape index (κ3) is 3.20. The maximum Gasteiger partial charge on any atom is 0.257 e. The molecular formula is C17H14BrNO3. The van der Waals surface area contributed by atoms with Gasteiger partial charge in [-0.25, -0.2) is 0 Å². The highest BCUT2D eigenvalue weighted by Crippen LogP contribution is 2.25. The third-order valence-electron chi connectivity index (χ3n) is 3.51. The molecule has 1 atom stereocenters. The molecule has 1 heterocycles. The smallest absolute Gasteiger partial charge is 0.257 e. The molecule has 0 aliphatic carbocycles. The van der Waals surface area contributed by atoms with Crippen LogP contribution in [0.2, 0.25) is 0 Å². The predicted molar refractivity (Wildman–Crippen MR) is 86.1 cm³/mol. The Kier molecular flexibility index (Phi) is 4.24. The minimum absolute atomic E-state index is 0.00219. The van der Waals surface area contributed by atoms with Gasteiger partial charge in [0.25, 0.3) is 5.91 Å². The quantitative estimate of drug-likeness (QED) is 0.674. The fourth-order valence-corrected chi connectivity index (χ4v) is 3.02. The topological polar surface area (TPSA) is 55.4 Å². The van der Waals surface area contributed by atoms with Gasteiger partial charge in [0, 0.05) is 11.1 Å². The van der Waals surface area contributed by atoms with Crippen molar-refractivity contribution in [3.8, 4) is 5.75 Å². The van der Waals surface area contributed by atoms with E-state index in [2.05, 4.69) is 21.4 Å². The molecule has 0 fully saturated rings. The molecule has 112 valence electrons. The molecule has 0 radical (unpaired) electrons. The Morgan fingerprint density at radius 2 is 2.00 bits per heavy atom. The molecule has 1 aliphatic rings. The highest BCUT2D eigenvalue weighted by Gasteiger charge is 2.22. The molecule has 0 saturated carbocycles. The Morgan fingerprint density at radius 1 is 1.23 bits per heavy atom. The monoisotopic (exact) mass is 359 g/mol. The molecule has 0 spiro atoms. The fourth-order valence-electron chi connectivity index (χ4n) is 2.39. The largest absolute Gasteiger partial charge is 0.379 e. The zero-order chi connectivity index (χ0) is 15.5. The number of fused-ring (bicyclic) bond motifs is 1. The molecule has 5 heteroatoms. The highest BCUT2D eigenvalue weighted by molar-refractivity contribution is 9.10. The molecule has 2 aromatic rings. The molecular weight excluding hydrogens is 346 g/mol. The number of carbonyl (C=O) groups excluding carboxylic acids is 2. The van der Waals surface area contributed by atoms with Gasteiger partial charge in [0.1, 0.15) is 0 Å². The van der Waals surface area contributed by atoms with E-state index in [1.54, 1.807) is 18.2 Å². The molecule has 0 aromatic heterocycles. The maximum absolute atomic E-state index is 12.5. The average molecular weight is 360 g/mol. The summed E-state index contributed by atoms with van der Waals surface area (Å²) in [6, 6.07) is 15.0. The van der Waals surface area contributed by atoms with Gasteiger partial charge in [-0.05, 0) is 30.2 Å². The van der Waals surface area contributed by atoms with Gasteiger partial charge >= 0.3 is 0 Å². The zero-order valence-corrected chi connectivity index (χ0v) is 13.3. The van der Waals surface area contributed by atoms with Crippen LogP contribution in [0.15, 0.2) is 48.5 Å². The summed E-state index contributed by atoms with van der Waals surface area (Å²) in [5, 5.41) is 0. The van der Waals surface area contributed by atoms with Crippen molar-refractivity contribution in [1.82, 2.24) is 5.48 Å². The lowest BCUT2D eigenvalue weighted by atomic mass is 9.99. The lowest BCUT2D eigenvalue weighted by Gasteiger charge is -2.18. The minimum Gasteiger partial charge on any atom is -0.379 e. The van der Waals surface area contributed by atoms with Gasteiger partial charge in [-0.1, -0.05) is 46.3 Å². The van der Waals surface area contributed by atoms with Crippen molar-refractivity contribution in [3.63, 3.8) is 0 Å². The highest BCUT2D eigenvalue weighted by atomic mass is 79.9. The summed E-state index contributed by atoms with van der Waals surface area (Å²) in [7, 11) is 0.